The lowest BCUT2D eigenvalue weighted by Gasteiger charge is -2.12. The summed E-state index contributed by atoms with van der Waals surface area (Å²) in [4.78, 5) is 22.6. The van der Waals surface area contributed by atoms with Gasteiger partial charge in [0.25, 0.3) is 5.91 Å². The minimum atomic E-state index is -4.55. The number of amides is 1. The Balaban J connectivity index is 1.75. The van der Waals surface area contributed by atoms with E-state index in [0.717, 1.165) is 23.3 Å². The third kappa shape index (κ3) is 4.05. The Kier molecular flexibility index (Phi) is 5.20. The van der Waals surface area contributed by atoms with E-state index < -0.39 is 17.6 Å². The van der Waals surface area contributed by atoms with Crippen molar-refractivity contribution in [3.05, 3.63) is 89.0 Å². The number of fused-ring (bicyclic) bond motifs is 2. The Morgan fingerprint density at radius 2 is 1.57 bits per heavy atom. The fourth-order valence-electron chi connectivity index (χ4n) is 4.21. The Bertz CT molecular complexity index is 1600. The van der Waals surface area contributed by atoms with Crippen LogP contribution in [0.3, 0.4) is 0 Å². The number of aromatic nitrogens is 3. The monoisotopic (exact) mass is 475 g/mol. The van der Waals surface area contributed by atoms with Gasteiger partial charge in [0, 0.05) is 11.4 Å². The third-order valence-corrected chi connectivity index (χ3v) is 5.64. The zero-order valence-electron chi connectivity index (χ0n) is 18.8. The lowest BCUT2D eigenvalue weighted by atomic mass is 10.1. The maximum atomic E-state index is 13.4. The van der Waals surface area contributed by atoms with Crippen LogP contribution >= 0.6 is 0 Å². The van der Waals surface area contributed by atoms with Gasteiger partial charge in [-0.2, -0.15) is 13.2 Å². The van der Waals surface area contributed by atoms with Gasteiger partial charge in [-0.05, 0) is 67.4 Å². The van der Waals surface area contributed by atoms with Crippen LogP contribution in [0.5, 0.6) is 0 Å². The zero-order chi connectivity index (χ0) is 24.9. The van der Waals surface area contributed by atoms with Crippen molar-refractivity contribution >= 4 is 39.6 Å². The van der Waals surface area contributed by atoms with Gasteiger partial charge in [0.1, 0.15) is 16.9 Å². The normalized spacial score (nSPS) is 11.8. The molecule has 1 amide bonds. The summed E-state index contributed by atoms with van der Waals surface area (Å²) in [7, 11) is 0. The highest BCUT2D eigenvalue weighted by molar-refractivity contribution is 6.16. The van der Waals surface area contributed by atoms with E-state index in [1.54, 1.807) is 24.3 Å². The van der Waals surface area contributed by atoms with Crippen molar-refractivity contribution in [3.63, 3.8) is 0 Å². The molecule has 2 heterocycles. The second kappa shape index (κ2) is 8.12. The van der Waals surface area contributed by atoms with Crippen molar-refractivity contribution in [2.45, 2.75) is 20.0 Å². The number of para-hydroxylation sites is 2. The van der Waals surface area contributed by atoms with E-state index >= 15 is 0 Å². The number of benzene rings is 3. The first-order chi connectivity index (χ1) is 16.6. The first kappa shape index (κ1) is 22.4. The van der Waals surface area contributed by atoms with Crippen LogP contribution in [0.1, 0.15) is 27.0 Å². The quantitative estimate of drug-likeness (QED) is 0.333. The molecular formula is C26H20F3N5O. The molecule has 0 atom stereocenters. The largest absolute Gasteiger partial charge is 0.416 e. The Hall–Kier alpha value is -4.40. The number of carbonyl (C=O) groups excluding carboxylic acids is 1. The summed E-state index contributed by atoms with van der Waals surface area (Å²) in [6.45, 7) is 3.82. The van der Waals surface area contributed by atoms with E-state index in [0.29, 0.717) is 16.7 Å². The fraction of sp³-hybridized carbons (Fsp3) is 0.115. The number of nitrogens with one attached hydrogen (secondary N) is 1. The van der Waals surface area contributed by atoms with E-state index in [1.165, 1.54) is 16.7 Å². The highest BCUT2D eigenvalue weighted by atomic mass is 19.4. The molecule has 6 nitrogen and oxygen atoms in total. The van der Waals surface area contributed by atoms with E-state index in [9.17, 15) is 18.0 Å². The number of anilines is 2. The van der Waals surface area contributed by atoms with Gasteiger partial charge in [0.15, 0.2) is 5.65 Å². The van der Waals surface area contributed by atoms with Gasteiger partial charge >= 0.3 is 6.18 Å². The number of rotatable bonds is 3. The minimum Gasteiger partial charge on any atom is -0.384 e. The maximum absolute atomic E-state index is 13.4. The average molecular weight is 475 g/mol. The van der Waals surface area contributed by atoms with Crippen molar-refractivity contribution in [2.24, 2.45) is 0 Å². The second-order valence-electron chi connectivity index (χ2n) is 8.36. The van der Waals surface area contributed by atoms with Crippen LogP contribution in [0.4, 0.5) is 24.7 Å². The van der Waals surface area contributed by atoms with Crippen molar-refractivity contribution in [1.82, 2.24) is 14.5 Å². The number of carbonyl (C=O) groups is 1. The summed E-state index contributed by atoms with van der Waals surface area (Å²) >= 11 is 0. The smallest absolute Gasteiger partial charge is 0.384 e. The van der Waals surface area contributed by atoms with Gasteiger partial charge < -0.3 is 11.1 Å². The number of alkyl halides is 3. The maximum Gasteiger partial charge on any atom is 0.416 e. The van der Waals surface area contributed by atoms with Gasteiger partial charge in [-0.15, -0.1) is 0 Å². The summed E-state index contributed by atoms with van der Waals surface area (Å²) in [5, 5.41) is 2.84. The molecular weight excluding hydrogens is 455 g/mol. The number of aryl methyl sites for hydroxylation is 2. The number of nitrogen functional groups attached to an aromatic ring is 1. The molecule has 5 aromatic rings. The van der Waals surface area contributed by atoms with E-state index in [2.05, 4.69) is 15.3 Å². The highest BCUT2D eigenvalue weighted by Crippen LogP contribution is 2.35. The molecule has 2 aromatic heterocycles. The summed E-state index contributed by atoms with van der Waals surface area (Å²) in [5.41, 5.74) is 9.67. The van der Waals surface area contributed by atoms with Crippen molar-refractivity contribution in [1.29, 1.82) is 0 Å². The summed E-state index contributed by atoms with van der Waals surface area (Å²) in [5.74, 6) is -0.593. The van der Waals surface area contributed by atoms with Gasteiger partial charge in [0.05, 0.1) is 16.6 Å². The standard InChI is InChI=1S/C26H20F3N5O/c1-14-10-15(2)12-17(11-14)31-25(35)21-22-24(33-20-9-4-3-8-19(20)32-22)34(23(21)30)18-7-5-6-16(13-18)26(27,28)29/h3-13H,30H2,1-2H3,(H,31,35). The van der Waals surface area contributed by atoms with Crippen LogP contribution in [0.25, 0.3) is 27.9 Å². The summed E-state index contributed by atoms with van der Waals surface area (Å²) in [6.07, 6.45) is -4.55. The number of nitrogens with two attached hydrogens (primary N) is 1. The molecule has 0 aliphatic heterocycles. The molecule has 0 saturated carbocycles. The molecule has 0 saturated heterocycles. The van der Waals surface area contributed by atoms with E-state index in [-0.39, 0.29) is 28.2 Å². The molecule has 0 bridgehead atoms. The molecule has 0 fully saturated rings. The molecule has 3 N–H and O–H groups in total. The zero-order valence-corrected chi connectivity index (χ0v) is 18.8. The van der Waals surface area contributed by atoms with Crippen LogP contribution in [0.2, 0.25) is 0 Å². The van der Waals surface area contributed by atoms with Crippen LogP contribution in [0.15, 0.2) is 66.7 Å². The van der Waals surface area contributed by atoms with E-state index in [1.807, 2.05) is 32.0 Å². The number of nitrogens with zero attached hydrogens (tertiary/aromatic N) is 3. The van der Waals surface area contributed by atoms with Crippen LogP contribution in [-0.4, -0.2) is 20.4 Å². The van der Waals surface area contributed by atoms with E-state index in [4.69, 9.17) is 5.73 Å². The molecule has 0 aliphatic rings. The predicted molar refractivity (Wildman–Crippen MR) is 130 cm³/mol. The molecule has 0 spiro atoms. The predicted octanol–water partition coefficient (Wildman–Crippen LogP) is 6.04. The van der Waals surface area contributed by atoms with Crippen molar-refractivity contribution < 1.29 is 18.0 Å². The average Bonchev–Trinajstić information content (AvgIpc) is 3.07. The molecule has 5 rings (SSSR count). The topological polar surface area (TPSA) is 85.8 Å². The molecule has 3 aromatic carbocycles. The van der Waals surface area contributed by atoms with Gasteiger partial charge in [-0.3, -0.25) is 9.36 Å². The number of halogens is 3. The lowest BCUT2D eigenvalue weighted by Crippen LogP contribution is -2.15. The Morgan fingerprint density at radius 3 is 2.23 bits per heavy atom. The van der Waals surface area contributed by atoms with Crippen LogP contribution in [0, 0.1) is 13.8 Å². The second-order valence-corrected chi connectivity index (χ2v) is 8.36. The highest BCUT2D eigenvalue weighted by Gasteiger charge is 2.31. The van der Waals surface area contributed by atoms with Gasteiger partial charge in [-0.25, -0.2) is 9.97 Å². The summed E-state index contributed by atoms with van der Waals surface area (Å²) in [6, 6.07) is 17.3. The fourth-order valence-corrected chi connectivity index (χ4v) is 4.21. The molecule has 9 heteroatoms. The lowest BCUT2D eigenvalue weighted by molar-refractivity contribution is -0.137. The first-order valence-electron chi connectivity index (χ1n) is 10.8. The van der Waals surface area contributed by atoms with Crippen molar-refractivity contribution in [2.75, 3.05) is 11.1 Å². The van der Waals surface area contributed by atoms with Crippen molar-refractivity contribution in [3.8, 4) is 5.69 Å². The molecule has 176 valence electrons. The molecule has 0 aliphatic carbocycles. The van der Waals surface area contributed by atoms with Crippen LogP contribution in [-0.2, 0) is 6.18 Å². The SMILES string of the molecule is Cc1cc(C)cc(NC(=O)c2c(N)n(-c3cccc(C(F)(F)F)c3)c3nc4ccccc4nc23)c1. The minimum absolute atomic E-state index is 0.0369. The third-order valence-electron chi connectivity index (χ3n) is 5.64. The molecule has 0 unspecified atom stereocenters. The van der Waals surface area contributed by atoms with Gasteiger partial charge in [0.2, 0.25) is 0 Å². The number of hydrogen-bond donors (Lipinski definition) is 2. The number of hydrogen-bond acceptors (Lipinski definition) is 4. The molecule has 35 heavy (non-hydrogen) atoms. The molecule has 0 radical (unpaired) electrons. The van der Waals surface area contributed by atoms with Crippen LogP contribution < -0.4 is 11.1 Å². The summed E-state index contributed by atoms with van der Waals surface area (Å²) < 4.78 is 41.6. The first-order valence-corrected chi connectivity index (χ1v) is 10.8. The Morgan fingerprint density at radius 1 is 0.914 bits per heavy atom. The Labute approximate surface area is 198 Å². The van der Waals surface area contributed by atoms with Gasteiger partial charge in [-0.1, -0.05) is 24.3 Å².